The van der Waals surface area contributed by atoms with E-state index < -0.39 is 44.5 Å². The molecule has 0 aromatic heterocycles. The van der Waals surface area contributed by atoms with Crippen LogP contribution < -0.4 is 0 Å². The smallest absolute Gasteiger partial charge is 0.331 e. The van der Waals surface area contributed by atoms with Crippen molar-refractivity contribution >= 4 is 35.2 Å². The number of nitrogens with zero attached hydrogens (tertiary/aromatic N) is 3. The zero-order valence-electron chi connectivity index (χ0n) is 25.9. The van der Waals surface area contributed by atoms with E-state index >= 15 is 0 Å². The SMILES string of the molecule is [2H]C1([2H])N(CCOCCOC(=O)/C=C/C(=O)O)C([2H])([2H])C([2H])([2H])N(C2=Nc3ccccc3Sc3ccccc32)C1([2H])[2H]. The van der Waals surface area contributed by atoms with Gasteiger partial charge in [-0.05, 0) is 18.2 Å². The van der Waals surface area contributed by atoms with Gasteiger partial charge >= 0.3 is 11.9 Å². The first-order valence-electron chi connectivity index (χ1n) is 14.3. The van der Waals surface area contributed by atoms with Crippen molar-refractivity contribution < 1.29 is 35.1 Å². The van der Waals surface area contributed by atoms with Gasteiger partial charge in [-0.15, -0.1) is 0 Å². The lowest BCUT2D eigenvalue weighted by atomic mass is 10.1. The minimum atomic E-state index is -3.13. The number of para-hydroxylation sites is 1. The number of hydrogen-bond donors (Lipinski definition) is 1. The Morgan fingerprint density at radius 3 is 2.53 bits per heavy atom. The lowest BCUT2D eigenvalue weighted by molar-refractivity contribution is -0.140. The van der Waals surface area contributed by atoms with Crippen molar-refractivity contribution in [2.45, 2.75) is 9.79 Å². The van der Waals surface area contributed by atoms with Crippen molar-refractivity contribution in [1.82, 2.24) is 9.80 Å². The number of ether oxygens (including phenoxy) is 2. The molecule has 0 spiro atoms. The van der Waals surface area contributed by atoms with Crippen LogP contribution in [0.1, 0.15) is 16.5 Å². The summed E-state index contributed by atoms with van der Waals surface area (Å²) < 4.78 is 80.5. The van der Waals surface area contributed by atoms with Crippen molar-refractivity contribution in [3.05, 3.63) is 66.2 Å². The molecule has 0 saturated carbocycles. The lowest BCUT2D eigenvalue weighted by Gasteiger charge is -2.36. The van der Waals surface area contributed by atoms with Gasteiger partial charge in [0.15, 0.2) is 0 Å². The number of aliphatic imine (C=N–C) groups is 1. The van der Waals surface area contributed by atoms with Crippen molar-refractivity contribution in [3.8, 4) is 0 Å². The first-order chi connectivity index (χ1) is 19.6. The van der Waals surface area contributed by atoms with Gasteiger partial charge in [0.25, 0.3) is 0 Å². The molecule has 0 unspecified atom stereocenters. The second-order valence-corrected chi connectivity index (χ2v) is 7.97. The number of amidine groups is 1. The fourth-order valence-electron chi connectivity index (χ4n) is 2.98. The molecule has 1 N–H and O–H groups in total. The number of fused-ring (bicyclic) bond motifs is 2. The van der Waals surface area contributed by atoms with E-state index in [4.69, 9.17) is 25.5 Å². The van der Waals surface area contributed by atoms with Gasteiger partial charge < -0.3 is 19.5 Å². The molecule has 0 aliphatic carbocycles. The van der Waals surface area contributed by atoms with E-state index in [0.717, 1.165) is 0 Å². The minimum Gasteiger partial charge on any atom is -0.478 e. The average molecular weight is 490 g/mol. The molecule has 2 aromatic rings. The van der Waals surface area contributed by atoms with E-state index in [1.54, 1.807) is 48.5 Å². The number of piperazine rings is 1. The molecule has 0 bridgehead atoms. The molecular formula is C25H27N3O5S. The van der Waals surface area contributed by atoms with Gasteiger partial charge in [0.1, 0.15) is 12.4 Å². The molecular weight excluding hydrogens is 454 g/mol. The van der Waals surface area contributed by atoms with E-state index in [9.17, 15) is 9.59 Å². The number of hydrogen-bond acceptors (Lipinski definition) is 8. The average Bonchev–Trinajstić information content (AvgIpc) is 3.06. The number of esters is 1. The number of benzene rings is 2. The summed E-state index contributed by atoms with van der Waals surface area (Å²) in [5, 5.41) is 8.52. The molecule has 178 valence electrons. The normalized spacial score (nSPS) is 25.3. The van der Waals surface area contributed by atoms with Crippen LogP contribution in [0.15, 0.2) is 75.5 Å². The number of aliphatic carboxylic acids is 1. The zero-order chi connectivity index (χ0) is 30.9. The molecule has 9 heteroatoms. The van der Waals surface area contributed by atoms with Crippen LogP contribution in [0.3, 0.4) is 0 Å². The third-order valence-electron chi connectivity index (χ3n) is 4.54. The Labute approximate surface area is 214 Å². The predicted molar refractivity (Wildman–Crippen MR) is 130 cm³/mol. The van der Waals surface area contributed by atoms with E-state index in [1.165, 1.54) is 11.8 Å². The van der Waals surface area contributed by atoms with Gasteiger partial charge in [-0.2, -0.15) is 0 Å². The van der Waals surface area contributed by atoms with Crippen molar-refractivity contribution in [1.29, 1.82) is 0 Å². The van der Waals surface area contributed by atoms with E-state index in [2.05, 4.69) is 4.99 Å². The molecule has 2 aromatic carbocycles. The van der Waals surface area contributed by atoms with Crippen LogP contribution in [0.4, 0.5) is 5.69 Å². The third-order valence-corrected chi connectivity index (χ3v) is 5.68. The predicted octanol–water partition coefficient (Wildman–Crippen LogP) is 3.05. The summed E-state index contributed by atoms with van der Waals surface area (Å²) in [4.78, 5) is 28.7. The van der Waals surface area contributed by atoms with Crippen LogP contribution in [0.25, 0.3) is 0 Å². The Balaban J connectivity index is 1.61. The van der Waals surface area contributed by atoms with Crippen LogP contribution >= 0.6 is 11.8 Å². The molecule has 0 atom stereocenters. The zero-order valence-corrected chi connectivity index (χ0v) is 18.7. The highest BCUT2D eigenvalue weighted by molar-refractivity contribution is 7.99. The molecule has 2 heterocycles. The van der Waals surface area contributed by atoms with Gasteiger partial charge in [-0.1, -0.05) is 42.1 Å². The summed E-state index contributed by atoms with van der Waals surface area (Å²) in [7, 11) is 0. The van der Waals surface area contributed by atoms with Gasteiger partial charge in [0.2, 0.25) is 0 Å². The number of carboxylic acid groups (broad SMARTS) is 1. The van der Waals surface area contributed by atoms with Crippen LogP contribution in [0, 0.1) is 0 Å². The summed E-state index contributed by atoms with van der Waals surface area (Å²) in [5.41, 5.74) is 0.721. The second-order valence-electron chi connectivity index (χ2n) is 6.89. The van der Waals surface area contributed by atoms with Crippen LogP contribution in [0.5, 0.6) is 0 Å². The molecule has 2 aliphatic heterocycles. The Bertz CT molecular complexity index is 1390. The molecule has 1 saturated heterocycles. The highest BCUT2D eigenvalue weighted by Gasteiger charge is 2.25. The quantitative estimate of drug-likeness (QED) is 0.344. The van der Waals surface area contributed by atoms with E-state index in [-0.39, 0.29) is 25.7 Å². The van der Waals surface area contributed by atoms with Crippen molar-refractivity contribution in [2.75, 3.05) is 52.4 Å². The summed E-state index contributed by atoms with van der Waals surface area (Å²) in [6, 6.07) is 13.7. The summed E-state index contributed by atoms with van der Waals surface area (Å²) in [6.45, 7) is -13.8. The second kappa shape index (κ2) is 11.8. The summed E-state index contributed by atoms with van der Waals surface area (Å²) in [6.07, 6.45) is 1.31. The largest absolute Gasteiger partial charge is 0.478 e. The van der Waals surface area contributed by atoms with Gasteiger partial charge in [-0.3, -0.25) is 4.90 Å². The first kappa shape index (κ1) is 15.7. The highest BCUT2D eigenvalue weighted by Crippen LogP contribution is 2.40. The van der Waals surface area contributed by atoms with Gasteiger partial charge in [0, 0.05) is 65.5 Å². The number of rotatable bonds is 8. The molecule has 8 nitrogen and oxygen atoms in total. The molecule has 0 amide bonds. The third kappa shape index (κ3) is 6.47. The number of carboxylic acids is 1. The topological polar surface area (TPSA) is 91.7 Å². The van der Waals surface area contributed by atoms with Crippen LogP contribution in [-0.2, 0) is 19.1 Å². The van der Waals surface area contributed by atoms with Crippen molar-refractivity contribution in [2.24, 2.45) is 4.99 Å². The van der Waals surface area contributed by atoms with E-state index in [0.29, 0.717) is 43.0 Å². The Hall–Kier alpha value is -3.14. The van der Waals surface area contributed by atoms with Crippen molar-refractivity contribution in [3.63, 3.8) is 0 Å². The van der Waals surface area contributed by atoms with Gasteiger partial charge in [0.05, 0.1) is 24.4 Å². The highest BCUT2D eigenvalue weighted by atomic mass is 32.2. The molecule has 34 heavy (non-hydrogen) atoms. The molecule has 2 aliphatic rings. The number of carbonyl (C=O) groups is 2. The number of carbonyl (C=O) groups excluding carboxylic acids is 1. The Kier molecular flexibility index (Phi) is 5.46. The lowest BCUT2D eigenvalue weighted by Crippen LogP contribution is -2.49. The maximum Gasteiger partial charge on any atom is 0.331 e. The van der Waals surface area contributed by atoms with Gasteiger partial charge in [-0.25, -0.2) is 14.6 Å². The van der Waals surface area contributed by atoms with Crippen LogP contribution in [0.2, 0.25) is 0 Å². The first-order valence-corrected chi connectivity index (χ1v) is 11.1. The minimum absolute atomic E-state index is 0.205. The monoisotopic (exact) mass is 489 g/mol. The molecule has 4 rings (SSSR count). The Morgan fingerprint density at radius 1 is 1.00 bits per heavy atom. The fraction of sp³-hybridized carbons (Fsp3) is 0.320. The summed E-state index contributed by atoms with van der Waals surface area (Å²) >= 11 is 1.33. The fourth-order valence-corrected chi connectivity index (χ4v) is 4.00. The summed E-state index contributed by atoms with van der Waals surface area (Å²) in [5.74, 6) is -2.50. The van der Waals surface area contributed by atoms with Crippen LogP contribution in [-0.4, -0.2) is 85.0 Å². The maximum absolute atomic E-state index is 11.4. The standard InChI is InChI=1S/C25H27N3O5S/c29-23(30)9-10-24(31)33-18-17-32-16-15-27-11-13-28(14-12-27)25-19-5-1-3-7-21(19)34-22-8-4-2-6-20(22)26-25/h1-10H,11-18H2,(H,29,30)/b10-9+/i11D2,12D2,13D2,14D2. The Morgan fingerprint density at radius 2 is 1.74 bits per heavy atom. The molecule has 1 fully saturated rings. The molecule has 0 radical (unpaired) electrons. The van der Waals surface area contributed by atoms with E-state index in [1.807, 2.05) is 0 Å². The maximum atomic E-state index is 11.4.